The Hall–Kier alpha value is -3.39. The van der Waals surface area contributed by atoms with E-state index in [1.54, 1.807) is 37.5 Å². The van der Waals surface area contributed by atoms with Crippen molar-refractivity contribution in [3.05, 3.63) is 34.9 Å². The number of likely N-dealkylation sites (N-methyl/N-ethyl adjacent to an activating group) is 1. The van der Waals surface area contributed by atoms with Crippen LogP contribution in [0.25, 0.3) is 0 Å². The number of rotatable bonds is 8. The molecule has 0 aliphatic carbocycles. The van der Waals surface area contributed by atoms with Crippen molar-refractivity contribution >= 4 is 74.0 Å². The van der Waals surface area contributed by atoms with Gasteiger partial charge in [0.15, 0.2) is 0 Å². The number of aromatic nitrogens is 2. The van der Waals surface area contributed by atoms with Crippen molar-refractivity contribution in [1.29, 1.82) is 0 Å². The average Bonchev–Trinajstić information content (AvgIpc) is 3.37. The average molecular weight is 563 g/mol. The Morgan fingerprint density at radius 2 is 2.06 bits per heavy atom. The molecule has 14 heteroatoms. The highest BCUT2D eigenvalue weighted by Crippen LogP contribution is 2.26. The number of imide groups is 2. The Labute approximate surface area is 213 Å². The van der Waals surface area contributed by atoms with Crippen molar-refractivity contribution in [2.24, 2.45) is 0 Å². The first-order chi connectivity index (χ1) is 16.8. The van der Waals surface area contributed by atoms with Crippen molar-refractivity contribution in [2.45, 2.75) is 6.42 Å². The lowest BCUT2D eigenvalue weighted by atomic mass is 10.2. The number of halogens is 1. The number of anilines is 4. The fourth-order valence-electron chi connectivity index (χ4n) is 3.44. The molecule has 0 bridgehead atoms. The fourth-order valence-corrected chi connectivity index (χ4v) is 4.55. The zero-order chi connectivity index (χ0) is 24.9. The Balaban J connectivity index is 1.31. The summed E-state index contributed by atoms with van der Waals surface area (Å²) in [7, 11) is 1.58. The van der Waals surface area contributed by atoms with Gasteiger partial charge in [0.1, 0.15) is 12.4 Å². The number of benzene rings is 1. The minimum absolute atomic E-state index is 0.0421. The van der Waals surface area contributed by atoms with Crippen LogP contribution >= 0.6 is 27.7 Å². The van der Waals surface area contributed by atoms with E-state index in [0.717, 1.165) is 16.7 Å². The van der Waals surface area contributed by atoms with Crippen molar-refractivity contribution in [1.82, 2.24) is 25.1 Å². The maximum Gasteiger partial charge on any atom is 0.331 e. The lowest BCUT2D eigenvalue weighted by Crippen LogP contribution is -2.40. The second-order valence-electron chi connectivity index (χ2n) is 7.71. The SMILES string of the molecule is CN1CC(=O)N(c2cccc(Nc3ncc(Br)c(NCCCNC(=O)N4CCSC4=O)n3)c2)C1=O. The molecule has 2 saturated heterocycles. The van der Waals surface area contributed by atoms with Crippen LogP contribution in [0.1, 0.15) is 6.42 Å². The van der Waals surface area contributed by atoms with Crippen LogP contribution in [0.2, 0.25) is 0 Å². The molecule has 1 aromatic carbocycles. The van der Waals surface area contributed by atoms with Gasteiger partial charge in [0.05, 0.1) is 10.2 Å². The summed E-state index contributed by atoms with van der Waals surface area (Å²) in [6, 6.07) is 6.13. The third-order valence-electron chi connectivity index (χ3n) is 5.17. The number of nitrogens with one attached hydrogen (secondary N) is 3. The van der Waals surface area contributed by atoms with Crippen LogP contribution < -0.4 is 20.9 Å². The molecule has 3 heterocycles. The molecule has 0 unspecified atom stereocenters. The number of carbonyl (C=O) groups is 4. The van der Waals surface area contributed by atoms with Gasteiger partial charge in [-0.1, -0.05) is 17.8 Å². The molecular weight excluding hydrogens is 540 g/mol. The van der Waals surface area contributed by atoms with Crippen LogP contribution in [0.3, 0.4) is 0 Å². The largest absolute Gasteiger partial charge is 0.369 e. The van der Waals surface area contributed by atoms with Crippen LogP contribution in [0.5, 0.6) is 0 Å². The second kappa shape index (κ2) is 10.9. The van der Waals surface area contributed by atoms with Gasteiger partial charge < -0.3 is 20.9 Å². The molecule has 0 radical (unpaired) electrons. The molecule has 2 aromatic rings. The first kappa shape index (κ1) is 24.7. The molecule has 12 nitrogen and oxygen atoms in total. The van der Waals surface area contributed by atoms with Gasteiger partial charge in [-0.05, 0) is 40.5 Å². The molecule has 2 fully saturated rings. The van der Waals surface area contributed by atoms with Crippen molar-refractivity contribution in [3.8, 4) is 0 Å². The molecule has 0 atom stereocenters. The fraction of sp³-hybridized carbons (Fsp3) is 0.333. The van der Waals surface area contributed by atoms with Crippen molar-refractivity contribution < 1.29 is 19.2 Å². The monoisotopic (exact) mass is 562 g/mol. The third-order valence-corrected chi connectivity index (χ3v) is 6.61. The summed E-state index contributed by atoms with van der Waals surface area (Å²) >= 11 is 4.56. The molecule has 184 valence electrons. The van der Waals surface area contributed by atoms with Gasteiger partial charge in [-0.25, -0.2) is 19.5 Å². The first-order valence-corrected chi connectivity index (χ1v) is 12.5. The number of thioether (sulfide) groups is 1. The summed E-state index contributed by atoms with van der Waals surface area (Å²) in [5.74, 6) is 1.22. The summed E-state index contributed by atoms with van der Waals surface area (Å²) in [4.78, 5) is 60.4. The minimum Gasteiger partial charge on any atom is -0.369 e. The highest BCUT2D eigenvalue weighted by molar-refractivity contribution is 9.10. The predicted octanol–water partition coefficient (Wildman–Crippen LogP) is 3.06. The van der Waals surface area contributed by atoms with E-state index in [0.29, 0.717) is 59.4 Å². The highest BCUT2D eigenvalue weighted by Gasteiger charge is 2.34. The molecule has 2 aliphatic rings. The zero-order valence-electron chi connectivity index (χ0n) is 18.8. The highest BCUT2D eigenvalue weighted by atomic mass is 79.9. The number of urea groups is 2. The standard InChI is InChI=1S/C21H23BrN8O4S/c1-28-12-16(31)30(20(28)33)14-5-2-4-13(10-14)26-18-25-11-15(22)17(27-18)23-6-3-7-24-19(32)29-8-9-35-21(29)34/h2,4-5,10-11H,3,6-9,12H2,1H3,(H,24,32)(H2,23,25,26,27). The van der Waals surface area contributed by atoms with E-state index in [2.05, 4.69) is 41.8 Å². The summed E-state index contributed by atoms with van der Waals surface area (Å²) in [6.45, 7) is 1.41. The van der Waals surface area contributed by atoms with Gasteiger partial charge in [0.25, 0.3) is 11.1 Å². The van der Waals surface area contributed by atoms with Crippen LogP contribution in [-0.4, -0.2) is 82.0 Å². The van der Waals surface area contributed by atoms with E-state index in [9.17, 15) is 19.2 Å². The zero-order valence-corrected chi connectivity index (χ0v) is 21.2. The van der Waals surface area contributed by atoms with Gasteiger partial charge in [-0.2, -0.15) is 4.98 Å². The molecule has 4 rings (SSSR count). The summed E-state index contributed by atoms with van der Waals surface area (Å²) in [5.41, 5.74) is 1.07. The van der Waals surface area contributed by atoms with Gasteiger partial charge in [-0.15, -0.1) is 0 Å². The quantitative estimate of drug-likeness (QED) is 0.327. The van der Waals surface area contributed by atoms with Crippen LogP contribution in [-0.2, 0) is 4.79 Å². The van der Waals surface area contributed by atoms with Crippen LogP contribution in [0, 0.1) is 0 Å². The van der Waals surface area contributed by atoms with Gasteiger partial charge in [0.2, 0.25) is 5.95 Å². The van der Waals surface area contributed by atoms with E-state index in [-0.39, 0.29) is 29.8 Å². The lowest BCUT2D eigenvalue weighted by molar-refractivity contribution is -0.116. The molecule has 6 amide bonds. The number of hydrogen-bond acceptors (Lipinski definition) is 9. The molecule has 3 N–H and O–H groups in total. The Morgan fingerprint density at radius 3 is 2.77 bits per heavy atom. The molecule has 0 spiro atoms. The second-order valence-corrected chi connectivity index (χ2v) is 9.61. The van der Waals surface area contributed by atoms with Crippen LogP contribution in [0.4, 0.5) is 37.5 Å². The molecule has 2 aliphatic heterocycles. The topological polar surface area (TPSA) is 140 Å². The predicted molar refractivity (Wildman–Crippen MR) is 136 cm³/mol. The summed E-state index contributed by atoms with van der Waals surface area (Å²) in [5, 5.41) is 8.79. The third kappa shape index (κ3) is 5.82. The van der Waals surface area contributed by atoms with Crippen LogP contribution in [0.15, 0.2) is 34.9 Å². The maximum absolute atomic E-state index is 12.3. The number of nitrogens with zero attached hydrogens (tertiary/aromatic N) is 5. The van der Waals surface area contributed by atoms with E-state index in [1.165, 1.54) is 9.80 Å². The van der Waals surface area contributed by atoms with Gasteiger partial charge >= 0.3 is 12.1 Å². The van der Waals surface area contributed by atoms with Gasteiger partial charge in [0, 0.05) is 44.3 Å². The Morgan fingerprint density at radius 1 is 1.23 bits per heavy atom. The minimum atomic E-state index is -0.374. The van der Waals surface area contributed by atoms with Crippen molar-refractivity contribution in [3.63, 3.8) is 0 Å². The van der Waals surface area contributed by atoms with Crippen molar-refractivity contribution in [2.75, 3.05) is 54.5 Å². The number of amides is 6. The lowest BCUT2D eigenvalue weighted by Gasteiger charge is -2.16. The molecule has 1 aromatic heterocycles. The number of carbonyl (C=O) groups excluding carboxylic acids is 4. The Bertz CT molecular complexity index is 1170. The molecule has 35 heavy (non-hydrogen) atoms. The Kier molecular flexibility index (Phi) is 7.70. The number of hydrogen-bond donors (Lipinski definition) is 3. The van der Waals surface area contributed by atoms with Gasteiger partial charge in [-0.3, -0.25) is 14.5 Å². The molecular formula is C21H23BrN8O4S. The van der Waals surface area contributed by atoms with E-state index < -0.39 is 0 Å². The smallest absolute Gasteiger partial charge is 0.331 e. The normalized spacial score (nSPS) is 15.7. The maximum atomic E-state index is 12.3. The summed E-state index contributed by atoms with van der Waals surface area (Å²) in [6.07, 6.45) is 2.22. The first-order valence-electron chi connectivity index (χ1n) is 10.8. The van der Waals surface area contributed by atoms with E-state index >= 15 is 0 Å². The summed E-state index contributed by atoms with van der Waals surface area (Å²) < 4.78 is 0.664. The van der Waals surface area contributed by atoms with E-state index in [4.69, 9.17) is 0 Å². The molecule has 0 saturated carbocycles. The van der Waals surface area contributed by atoms with E-state index in [1.807, 2.05) is 0 Å².